The number of barbiturate groups is 1. The van der Waals surface area contributed by atoms with E-state index < -0.39 is 17.8 Å². The summed E-state index contributed by atoms with van der Waals surface area (Å²) in [6.45, 7) is 0.437. The van der Waals surface area contributed by atoms with Gasteiger partial charge in [-0.05, 0) is 53.6 Å². The fourth-order valence-electron chi connectivity index (χ4n) is 3.05. The van der Waals surface area contributed by atoms with Gasteiger partial charge >= 0.3 is 6.03 Å². The van der Waals surface area contributed by atoms with Crippen LogP contribution in [0.4, 0.5) is 10.5 Å². The van der Waals surface area contributed by atoms with Gasteiger partial charge in [-0.15, -0.1) is 0 Å². The lowest BCUT2D eigenvalue weighted by Gasteiger charge is -2.26. The van der Waals surface area contributed by atoms with Gasteiger partial charge in [0.25, 0.3) is 11.8 Å². The van der Waals surface area contributed by atoms with E-state index >= 15 is 0 Å². The second-order valence-electron chi connectivity index (χ2n) is 6.78. The zero-order valence-corrected chi connectivity index (χ0v) is 17.8. The van der Waals surface area contributed by atoms with Crippen molar-refractivity contribution in [1.82, 2.24) is 5.32 Å². The van der Waals surface area contributed by atoms with Gasteiger partial charge in [-0.1, -0.05) is 58.4 Å². The normalized spacial score (nSPS) is 15.2. The number of imide groups is 2. The van der Waals surface area contributed by atoms with Crippen molar-refractivity contribution >= 4 is 45.5 Å². The third kappa shape index (κ3) is 4.73. The van der Waals surface area contributed by atoms with Gasteiger partial charge in [0.1, 0.15) is 17.9 Å². The van der Waals surface area contributed by atoms with Gasteiger partial charge in [-0.25, -0.2) is 9.69 Å². The lowest BCUT2D eigenvalue weighted by molar-refractivity contribution is -0.122. The molecule has 31 heavy (non-hydrogen) atoms. The van der Waals surface area contributed by atoms with E-state index in [1.165, 1.54) is 6.08 Å². The molecule has 6 nitrogen and oxygen atoms in total. The number of nitrogens with zero attached hydrogens (tertiary/aromatic N) is 1. The lowest BCUT2D eigenvalue weighted by atomic mass is 10.1. The molecule has 4 rings (SSSR count). The third-order valence-corrected chi connectivity index (χ3v) is 5.15. The van der Waals surface area contributed by atoms with Crippen LogP contribution in [-0.2, 0) is 16.2 Å². The summed E-state index contributed by atoms with van der Waals surface area (Å²) in [6.07, 6.45) is 1.46. The number of amides is 4. The molecule has 1 aliphatic rings. The maximum absolute atomic E-state index is 12.9. The molecule has 0 spiro atoms. The first-order valence-electron chi connectivity index (χ1n) is 9.45. The largest absolute Gasteiger partial charge is 0.489 e. The van der Waals surface area contributed by atoms with E-state index in [4.69, 9.17) is 4.74 Å². The fraction of sp³-hybridized carbons (Fsp3) is 0.0417. The fourth-order valence-corrected chi connectivity index (χ4v) is 3.31. The average molecular weight is 477 g/mol. The second kappa shape index (κ2) is 8.97. The molecule has 7 heteroatoms. The molecule has 1 saturated heterocycles. The minimum Gasteiger partial charge on any atom is -0.489 e. The lowest BCUT2D eigenvalue weighted by Crippen LogP contribution is -2.54. The molecule has 0 radical (unpaired) electrons. The van der Waals surface area contributed by atoms with Crippen LogP contribution in [-0.4, -0.2) is 17.8 Å². The molecular weight excluding hydrogens is 460 g/mol. The molecule has 1 N–H and O–H groups in total. The standard InChI is InChI=1S/C24H17BrN2O4/c25-18-8-10-19(11-9-18)27-23(29)21(22(28)26-24(27)30)14-16-6-12-20(13-7-16)31-15-17-4-2-1-3-5-17/h1-14H,15H2,(H,26,28,30)/b21-14+. The summed E-state index contributed by atoms with van der Waals surface area (Å²) in [6, 6.07) is 22.7. The summed E-state index contributed by atoms with van der Waals surface area (Å²) in [7, 11) is 0. The van der Waals surface area contributed by atoms with Crippen LogP contribution in [0.5, 0.6) is 5.75 Å². The molecule has 0 atom stereocenters. The number of carbonyl (C=O) groups is 3. The molecule has 0 aromatic heterocycles. The van der Waals surface area contributed by atoms with Crippen LogP contribution in [0.25, 0.3) is 6.08 Å². The molecule has 0 bridgehead atoms. The smallest absolute Gasteiger partial charge is 0.335 e. The van der Waals surface area contributed by atoms with Crippen molar-refractivity contribution in [3.05, 3.63) is 100 Å². The van der Waals surface area contributed by atoms with Crippen LogP contribution in [0.1, 0.15) is 11.1 Å². The van der Waals surface area contributed by atoms with Crippen LogP contribution in [0.2, 0.25) is 0 Å². The highest BCUT2D eigenvalue weighted by Crippen LogP contribution is 2.24. The van der Waals surface area contributed by atoms with Crippen molar-refractivity contribution in [3.8, 4) is 5.75 Å². The Morgan fingerprint density at radius 3 is 2.23 bits per heavy atom. The van der Waals surface area contributed by atoms with E-state index in [2.05, 4.69) is 21.2 Å². The van der Waals surface area contributed by atoms with E-state index in [9.17, 15) is 14.4 Å². The average Bonchev–Trinajstić information content (AvgIpc) is 2.78. The van der Waals surface area contributed by atoms with Crippen molar-refractivity contribution in [2.45, 2.75) is 6.61 Å². The second-order valence-corrected chi connectivity index (χ2v) is 7.69. The topological polar surface area (TPSA) is 75.7 Å². The Kier molecular flexibility index (Phi) is 5.95. The van der Waals surface area contributed by atoms with Crippen LogP contribution in [0.3, 0.4) is 0 Å². The van der Waals surface area contributed by atoms with Gasteiger partial charge < -0.3 is 4.74 Å². The Labute approximate surface area is 187 Å². The number of nitrogens with one attached hydrogen (secondary N) is 1. The Morgan fingerprint density at radius 1 is 0.871 bits per heavy atom. The van der Waals surface area contributed by atoms with Crippen LogP contribution < -0.4 is 15.0 Å². The monoisotopic (exact) mass is 476 g/mol. The van der Waals surface area contributed by atoms with E-state index in [0.29, 0.717) is 23.6 Å². The molecule has 0 unspecified atom stereocenters. The van der Waals surface area contributed by atoms with Crippen molar-refractivity contribution in [2.75, 3.05) is 4.90 Å². The predicted octanol–water partition coefficient (Wildman–Crippen LogP) is 4.69. The van der Waals surface area contributed by atoms with Gasteiger partial charge in [0.15, 0.2) is 0 Å². The Balaban J connectivity index is 1.52. The van der Waals surface area contributed by atoms with Crippen LogP contribution in [0, 0.1) is 0 Å². The van der Waals surface area contributed by atoms with Crippen molar-refractivity contribution < 1.29 is 19.1 Å². The maximum atomic E-state index is 12.9. The number of anilines is 1. The SMILES string of the molecule is O=C1NC(=O)N(c2ccc(Br)cc2)C(=O)/C1=C/c1ccc(OCc2ccccc2)cc1. The Bertz CT molecular complexity index is 1160. The molecule has 0 aliphatic carbocycles. The first-order valence-corrected chi connectivity index (χ1v) is 10.2. The predicted molar refractivity (Wildman–Crippen MR) is 120 cm³/mol. The van der Waals surface area contributed by atoms with Crippen molar-refractivity contribution in [2.24, 2.45) is 0 Å². The Hall–Kier alpha value is -3.71. The zero-order valence-electron chi connectivity index (χ0n) is 16.2. The Morgan fingerprint density at radius 2 is 1.55 bits per heavy atom. The van der Waals surface area contributed by atoms with Gasteiger partial charge in [0, 0.05) is 4.47 Å². The van der Waals surface area contributed by atoms with Gasteiger partial charge in [0.2, 0.25) is 0 Å². The van der Waals surface area contributed by atoms with E-state index in [0.717, 1.165) is 14.9 Å². The number of hydrogen-bond donors (Lipinski definition) is 1. The molecule has 0 saturated carbocycles. The molecular formula is C24H17BrN2O4. The quantitative estimate of drug-likeness (QED) is 0.427. The summed E-state index contributed by atoms with van der Waals surface area (Å²) in [5.41, 5.74) is 1.93. The highest BCUT2D eigenvalue weighted by atomic mass is 79.9. The molecule has 1 aliphatic heterocycles. The summed E-state index contributed by atoms with van der Waals surface area (Å²) in [5, 5.41) is 2.22. The first kappa shape index (κ1) is 20.6. The van der Waals surface area contributed by atoms with Gasteiger partial charge in [-0.2, -0.15) is 0 Å². The zero-order chi connectivity index (χ0) is 21.8. The molecule has 4 amide bonds. The van der Waals surface area contributed by atoms with E-state index in [1.54, 1.807) is 48.5 Å². The third-order valence-electron chi connectivity index (χ3n) is 4.63. The first-order chi connectivity index (χ1) is 15.0. The number of urea groups is 1. The number of ether oxygens (including phenoxy) is 1. The number of benzene rings is 3. The minimum atomic E-state index is -0.779. The molecule has 3 aromatic carbocycles. The van der Waals surface area contributed by atoms with Crippen LogP contribution >= 0.6 is 15.9 Å². The molecule has 154 valence electrons. The maximum Gasteiger partial charge on any atom is 0.335 e. The number of rotatable bonds is 5. The molecule has 1 fully saturated rings. The highest BCUT2D eigenvalue weighted by Gasteiger charge is 2.36. The van der Waals surface area contributed by atoms with E-state index in [1.807, 2.05) is 30.3 Å². The van der Waals surface area contributed by atoms with Crippen molar-refractivity contribution in [1.29, 1.82) is 0 Å². The van der Waals surface area contributed by atoms with E-state index in [-0.39, 0.29) is 5.57 Å². The summed E-state index contributed by atoms with van der Waals surface area (Å²) in [4.78, 5) is 38.4. The summed E-state index contributed by atoms with van der Waals surface area (Å²) in [5.74, 6) is -0.745. The number of halogens is 1. The van der Waals surface area contributed by atoms with Crippen LogP contribution in [0.15, 0.2) is 88.9 Å². The van der Waals surface area contributed by atoms with Crippen molar-refractivity contribution in [3.63, 3.8) is 0 Å². The molecule has 3 aromatic rings. The minimum absolute atomic E-state index is 0.125. The highest BCUT2D eigenvalue weighted by molar-refractivity contribution is 9.10. The molecule has 1 heterocycles. The summed E-state index contributed by atoms with van der Waals surface area (Å²) >= 11 is 3.32. The summed E-state index contributed by atoms with van der Waals surface area (Å²) < 4.78 is 6.56. The number of hydrogen-bond acceptors (Lipinski definition) is 4. The van der Waals surface area contributed by atoms with Gasteiger partial charge in [-0.3, -0.25) is 14.9 Å². The van der Waals surface area contributed by atoms with Gasteiger partial charge in [0.05, 0.1) is 5.69 Å². The number of carbonyl (C=O) groups excluding carboxylic acids is 3.